The molecule has 3 rings (SSSR count). The van der Waals surface area contributed by atoms with Gasteiger partial charge in [0.2, 0.25) is 0 Å². The Labute approximate surface area is 169 Å². The van der Waals surface area contributed by atoms with E-state index in [-0.39, 0.29) is 19.0 Å². The number of hydrogen-bond donors (Lipinski definition) is 0. The molecule has 0 amide bonds. The highest BCUT2D eigenvalue weighted by molar-refractivity contribution is 5.85. The lowest BCUT2D eigenvalue weighted by atomic mass is 9.90. The molecule has 0 atom stereocenters. The molecule has 1 heterocycles. The first-order valence-electron chi connectivity index (χ1n) is 9.88. The van der Waals surface area contributed by atoms with E-state index in [0.717, 1.165) is 31.1 Å². The molecule has 2 aromatic carbocycles. The summed E-state index contributed by atoms with van der Waals surface area (Å²) in [6.07, 6.45) is 5.93. The molecule has 0 unspecified atom stereocenters. The predicted octanol–water partition coefficient (Wildman–Crippen LogP) is 5.34. The minimum Gasteiger partial charge on any atom is -0.491 e. The van der Waals surface area contributed by atoms with E-state index in [2.05, 4.69) is 41.3 Å². The fourth-order valence-electron chi connectivity index (χ4n) is 3.79. The minimum atomic E-state index is -0.435. The van der Waals surface area contributed by atoms with Gasteiger partial charge in [-0.2, -0.15) is 0 Å². The molecular weight excluding hydrogens is 361 g/mol. The third-order valence-electron chi connectivity index (χ3n) is 5.40. The SMILES string of the molecule is Cl.FCCOc1ccccc1CCC1CCN(CCc2ccccc2)CC1. The molecule has 0 bridgehead atoms. The third kappa shape index (κ3) is 7.15. The maximum absolute atomic E-state index is 12.4. The van der Waals surface area contributed by atoms with Gasteiger partial charge in [-0.05, 0) is 68.3 Å². The molecular formula is C23H31ClFNO. The van der Waals surface area contributed by atoms with Crippen molar-refractivity contribution in [2.45, 2.75) is 32.1 Å². The van der Waals surface area contributed by atoms with Gasteiger partial charge in [0.25, 0.3) is 0 Å². The lowest BCUT2D eigenvalue weighted by molar-refractivity contribution is 0.180. The van der Waals surface area contributed by atoms with E-state index >= 15 is 0 Å². The molecule has 0 N–H and O–H groups in total. The van der Waals surface area contributed by atoms with E-state index < -0.39 is 6.67 Å². The van der Waals surface area contributed by atoms with Crippen LogP contribution in [0.25, 0.3) is 0 Å². The minimum absolute atomic E-state index is 0. The van der Waals surface area contributed by atoms with Crippen LogP contribution in [-0.4, -0.2) is 37.8 Å². The molecule has 2 nitrogen and oxygen atoms in total. The Kier molecular flexibility index (Phi) is 9.65. The smallest absolute Gasteiger partial charge is 0.123 e. The number of ether oxygens (including phenoxy) is 1. The maximum Gasteiger partial charge on any atom is 0.123 e. The highest BCUT2D eigenvalue weighted by Gasteiger charge is 2.19. The van der Waals surface area contributed by atoms with Crippen LogP contribution < -0.4 is 4.74 Å². The van der Waals surface area contributed by atoms with Crippen LogP contribution >= 0.6 is 12.4 Å². The summed E-state index contributed by atoms with van der Waals surface area (Å²) < 4.78 is 17.9. The fraction of sp³-hybridized carbons (Fsp3) is 0.478. The van der Waals surface area contributed by atoms with Gasteiger partial charge in [0.15, 0.2) is 0 Å². The van der Waals surface area contributed by atoms with Crippen molar-refractivity contribution in [1.29, 1.82) is 0 Å². The molecule has 0 aromatic heterocycles. The summed E-state index contributed by atoms with van der Waals surface area (Å²) in [4.78, 5) is 2.60. The highest BCUT2D eigenvalue weighted by Crippen LogP contribution is 2.26. The Morgan fingerprint density at radius 2 is 1.63 bits per heavy atom. The van der Waals surface area contributed by atoms with Crippen molar-refractivity contribution in [2.75, 3.05) is 32.9 Å². The van der Waals surface area contributed by atoms with Gasteiger partial charge >= 0.3 is 0 Å². The summed E-state index contributed by atoms with van der Waals surface area (Å²) in [6.45, 7) is 3.29. The van der Waals surface area contributed by atoms with E-state index in [4.69, 9.17) is 4.74 Å². The second-order valence-electron chi connectivity index (χ2n) is 7.20. The van der Waals surface area contributed by atoms with Gasteiger partial charge in [-0.3, -0.25) is 0 Å². The first-order chi connectivity index (χ1) is 12.8. The first kappa shape index (κ1) is 21.7. The summed E-state index contributed by atoms with van der Waals surface area (Å²) in [7, 11) is 0. The van der Waals surface area contributed by atoms with Crippen molar-refractivity contribution in [3.05, 3.63) is 65.7 Å². The Hall–Kier alpha value is -1.58. The molecule has 4 heteroatoms. The van der Waals surface area contributed by atoms with Crippen LogP contribution in [0.5, 0.6) is 5.75 Å². The summed E-state index contributed by atoms with van der Waals surface area (Å²) in [6, 6.07) is 18.8. The summed E-state index contributed by atoms with van der Waals surface area (Å²) in [5.74, 6) is 1.64. The van der Waals surface area contributed by atoms with Gasteiger partial charge in [-0.1, -0.05) is 48.5 Å². The van der Waals surface area contributed by atoms with Gasteiger partial charge in [0.1, 0.15) is 19.0 Å². The number of piperidine rings is 1. The fourth-order valence-corrected chi connectivity index (χ4v) is 3.79. The second-order valence-corrected chi connectivity index (χ2v) is 7.20. The lowest BCUT2D eigenvalue weighted by Gasteiger charge is -2.32. The quantitative estimate of drug-likeness (QED) is 0.571. The van der Waals surface area contributed by atoms with Crippen molar-refractivity contribution in [2.24, 2.45) is 5.92 Å². The summed E-state index contributed by atoms with van der Waals surface area (Å²) in [5.41, 5.74) is 2.65. The molecule has 148 valence electrons. The van der Waals surface area contributed by atoms with Crippen molar-refractivity contribution in [1.82, 2.24) is 4.90 Å². The van der Waals surface area contributed by atoms with E-state index in [0.29, 0.717) is 0 Å². The van der Waals surface area contributed by atoms with E-state index in [1.54, 1.807) is 0 Å². The summed E-state index contributed by atoms with van der Waals surface area (Å²) in [5, 5.41) is 0. The maximum atomic E-state index is 12.4. The molecule has 1 fully saturated rings. The Balaban J connectivity index is 0.00000261. The normalized spacial score (nSPS) is 15.3. The molecule has 0 saturated carbocycles. The average molecular weight is 392 g/mol. The number of alkyl halides is 1. The number of likely N-dealkylation sites (tertiary alicyclic amines) is 1. The van der Waals surface area contributed by atoms with Gasteiger partial charge in [0.05, 0.1) is 0 Å². The molecule has 2 aromatic rings. The molecule has 27 heavy (non-hydrogen) atoms. The largest absolute Gasteiger partial charge is 0.491 e. The Bertz CT molecular complexity index is 644. The predicted molar refractivity (Wildman–Crippen MR) is 113 cm³/mol. The average Bonchev–Trinajstić information content (AvgIpc) is 2.71. The van der Waals surface area contributed by atoms with Crippen molar-refractivity contribution in [3.63, 3.8) is 0 Å². The second kappa shape index (κ2) is 12.0. The van der Waals surface area contributed by atoms with E-state index in [9.17, 15) is 4.39 Å². The van der Waals surface area contributed by atoms with Gasteiger partial charge in [0, 0.05) is 6.54 Å². The van der Waals surface area contributed by atoms with Crippen molar-refractivity contribution >= 4 is 12.4 Å². The zero-order valence-corrected chi connectivity index (χ0v) is 16.8. The van der Waals surface area contributed by atoms with Crippen LogP contribution in [0.2, 0.25) is 0 Å². The molecule has 1 aliphatic heterocycles. The number of nitrogens with zero attached hydrogens (tertiary/aromatic N) is 1. The number of halogens is 2. The van der Waals surface area contributed by atoms with E-state index in [1.807, 2.05) is 18.2 Å². The Morgan fingerprint density at radius 3 is 2.37 bits per heavy atom. The molecule has 1 aliphatic rings. The van der Waals surface area contributed by atoms with Crippen molar-refractivity contribution in [3.8, 4) is 5.75 Å². The van der Waals surface area contributed by atoms with Crippen molar-refractivity contribution < 1.29 is 9.13 Å². The van der Waals surface area contributed by atoms with Gasteiger partial charge in [-0.25, -0.2) is 4.39 Å². The summed E-state index contributed by atoms with van der Waals surface area (Å²) >= 11 is 0. The zero-order valence-electron chi connectivity index (χ0n) is 16.0. The van der Waals surface area contributed by atoms with Crippen LogP contribution in [0.15, 0.2) is 54.6 Å². The first-order valence-corrected chi connectivity index (χ1v) is 9.88. The number of para-hydroxylation sites is 1. The molecule has 0 aliphatic carbocycles. The van der Waals surface area contributed by atoms with Crippen LogP contribution in [0, 0.1) is 5.92 Å². The molecule has 0 spiro atoms. The number of hydrogen-bond acceptors (Lipinski definition) is 2. The van der Waals surface area contributed by atoms with Crippen LogP contribution in [-0.2, 0) is 12.8 Å². The number of benzene rings is 2. The van der Waals surface area contributed by atoms with Gasteiger partial charge < -0.3 is 9.64 Å². The molecule has 0 radical (unpaired) electrons. The third-order valence-corrected chi connectivity index (χ3v) is 5.40. The van der Waals surface area contributed by atoms with Gasteiger partial charge in [-0.15, -0.1) is 12.4 Å². The Morgan fingerprint density at radius 1 is 0.926 bits per heavy atom. The van der Waals surface area contributed by atoms with Crippen LogP contribution in [0.3, 0.4) is 0 Å². The lowest BCUT2D eigenvalue weighted by Crippen LogP contribution is -2.35. The van der Waals surface area contributed by atoms with E-state index in [1.165, 1.54) is 43.5 Å². The number of aryl methyl sites for hydroxylation is 1. The zero-order chi connectivity index (χ0) is 18.0. The standard InChI is InChI=1S/C23H30FNO.ClH/c24-15-19-26-23-9-5-4-8-22(23)11-10-21-13-17-25(18-14-21)16-12-20-6-2-1-3-7-20;/h1-9,21H,10-19H2;1H. The highest BCUT2D eigenvalue weighted by atomic mass is 35.5. The molecule has 1 saturated heterocycles. The topological polar surface area (TPSA) is 12.5 Å². The van der Waals surface area contributed by atoms with Crippen LogP contribution in [0.1, 0.15) is 30.4 Å². The monoisotopic (exact) mass is 391 g/mol. The van der Waals surface area contributed by atoms with Crippen LogP contribution in [0.4, 0.5) is 4.39 Å². The number of rotatable bonds is 9.